The zero-order valence-corrected chi connectivity index (χ0v) is 11.4. The number of carboxylic acids is 1. The van der Waals surface area contributed by atoms with Crippen LogP contribution in [0.15, 0.2) is 30.3 Å². The van der Waals surface area contributed by atoms with E-state index in [0.717, 1.165) is 11.5 Å². The van der Waals surface area contributed by atoms with Crippen molar-refractivity contribution in [2.75, 3.05) is 12.3 Å². The van der Waals surface area contributed by atoms with Crippen molar-refractivity contribution in [3.05, 3.63) is 35.9 Å². The van der Waals surface area contributed by atoms with E-state index in [9.17, 15) is 9.59 Å². The van der Waals surface area contributed by atoms with Gasteiger partial charge in [0.05, 0.1) is 6.04 Å². The summed E-state index contributed by atoms with van der Waals surface area (Å²) in [6.45, 7) is -0.385. The Balaban J connectivity index is 2.14. The Morgan fingerprint density at radius 3 is 2.63 bits per heavy atom. The van der Waals surface area contributed by atoms with Crippen molar-refractivity contribution in [3.63, 3.8) is 0 Å². The average Bonchev–Trinajstić information content (AvgIpc) is 2.41. The van der Waals surface area contributed by atoms with Gasteiger partial charge >= 0.3 is 5.97 Å². The van der Waals surface area contributed by atoms with E-state index in [-0.39, 0.29) is 6.54 Å². The van der Waals surface area contributed by atoms with E-state index in [1.54, 1.807) is 11.8 Å². The van der Waals surface area contributed by atoms with Crippen LogP contribution in [-0.2, 0) is 15.3 Å². The first-order valence-corrected chi connectivity index (χ1v) is 7.12. The van der Waals surface area contributed by atoms with Gasteiger partial charge in [-0.2, -0.15) is 11.8 Å². The highest BCUT2D eigenvalue weighted by atomic mass is 32.2. The normalized spacial score (nSPS) is 11.8. The molecule has 0 aliphatic heterocycles. The quantitative estimate of drug-likeness (QED) is 0.614. The molecule has 1 unspecified atom stereocenters. The summed E-state index contributed by atoms with van der Waals surface area (Å²) in [6.07, 6.45) is 0.531. The number of hydrogen-bond acceptors (Lipinski definition) is 4. The minimum Gasteiger partial charge on any atom is -0.480 e. The van der Waals surface area contributed by atoms with E-state index < -0.39 is 17.9 Å². The highest BCUT2D eigenvalue weighted by molar-refractivity contribution is 7.98. The summed E-state index contributed by atoms with van der Waals surface area (Å²) in [5, 5.41) is 10.7. The molecule has 104 valence electrons. The third-order valence-electron chi connectivity index (χ3n) is 2.44. The van der Waals surface area contributed by atoms with Gasteiger partial charge in [-0.1, -0.05) is 30.3 Å². The molecule has 1 aromatic carbocycles. The zero-order chi connectivity index (χ0) is 14.1. The molecule has 0 saturated carbocycles. The summed E-state index contributed by atoms with van der Waals surface area (Å²) in [6, 6.07) is 9.39. The number of carbonyl (C=O) groups excluding carboxylic acids is 1. The van der Waals surface area contributed by atoms with Crippen molar-refractivity contribution in [2.45, 2.75) is 18.2 Å². The van der Waals surface area contributed by atoms with E-state index in [1.165, 1.54) is 5.56 Å². The molecular weight excluding hydrogens is 264 g/mol. The first kappa shape index (κ1) is 15.5. The topological polar surface area (TPSA) is 92.4 Å². The maximum Gasteiger partial charge on any atom is 0.322 e. The first-order valence-electron chi connectivity index (χ1n) is 5.96. The summed E-state index contributed by atoms with van der Waals surface area (Å²) < 4.78 is 0. The molecule has 0 fully saturated rings. The predicted molar refractivity (Wildman–Crippen MR) is 75.8 cm³/mol. The molecule has 1 aromatic rings. The monoisotopic (exact) mass is 282 g/mol. The summed E-state index contributed by atoms with van der Waals surface area (Å²) in [4.78, 5) is 21.7. The molecular formula is C13H18N2O3S. The Bertz CT molecular complexity index is 412. The molecule has 0 saturated heterocycles. The number of rotatable bonds is 8. The number of carboxylic acid groups (broad SMARTS) is 1. The maximum absolute atomic E-state index is 11.4. The number of nitrogens with one attached hydrogen (secondary N) is 1. The third-order valence-corrected chi connectivity index (χ3v) is 3.50. The fourth-order valence-corrected chi connectivity index (χ4v) is 2.39. The number of benzene rings is 1. The van der Waals surface area contributed by atoms with Gasteiger partial charge in [-0.25, -0.2) is 0 Å². The van der Waals surface area contributed by atoms with Crippen molar-refractivity contribution in [1.82, 2.24) is 5.32 Å². The van der Waals surface area contributed by atoms with Gasteiger partial charge in [0, 0.05) is 5.75 Å². The van der Waals surface area contributed by atoms with Crippen molar-refractivity contribution >= 4 is 23.6 Å². The summed E-state index contributed by atoms with van der Waals surface area (Å²) in [7, 11) is 0. The second-order valence-electron chi connectivity index (χ2n) is 4.04. The Labute approximate surface area is 116 Å². The maximum atomic E-state index is 11.4. The molecule has 0 radical (unpaired) electrons. The number of nitrogens with two attached hydrogens (primary N) is 1. The summed E-state index contributed by atoms with van der Waals surface area (Å²) in [5.41, 5.74) is 6.90. The number of thioether (sulfide) groups is 1. The van der Waals surface area contributed by atoms with Crippen LogP contribution < -0.4 is 11.1 Å². The van der Waals surface area contributed by atoms with Gasteiger partial charge in [0.2, 0.25) is 5.91 Å². The molecule has 1 rings (SSSR count). The lowest BCUT2D eigenvalue weighted by Crippen LogP contribution is -2.42. The van der Waals surface area contributed by atoms with Crippen LogP contribution in [0.4, 0.5) is 0 Å². The molecule has 0 aliphatic rings. The van der Waals surface area contributed by atoms with Gasteiger partial charge in [-0.3, -0.25) is 9.59 Å². The molecule has 4 N–H and O–H groups in total. The van der Waals surface area contributed by atoms with Crippen LogP contribution in [0.3, 0.4) is 0 Å². The van der Waals surface area contributed by atoms with Gasteiger partial charge < -0.3 is 16.2 Å². The van der Waals surface area contributed by atoms with E-state index in [2.05, 4.69) is 5.32 Å². The average molecular weight is 282 g/mol. The smallest absolute Gasteiger partial charge is 0.322 e. The number of amides is 1. The SMILES string of the molecule is NC(CCSCc1ccccc1)C(=O)NCC(=O)O. The number of hydrogen-bond donors (Lipinski definition) is 3. The minimum atomic E-state index is -1.07. The van der Waals surface area contributed by atoms with E-state index >= 15 is 0 Å². The Morgan fingerprint density at radius 2 is 2.00 bits per heavy atom. The van der Waals surface area contributed by atoms with Crippen LogP contribution >= 0.6 is 11.8 Å². The molecule has 6 heteroatoms. The predicted octanol–water partition coefficient (Wildman–Crippen LogP) is 0.838. The lowest BCUT2D eigenvalue weighted by Gasteiger charge is -2.10. The second kappa shape index (κ2) is 8.55. The van der Waals surface area contributed by atoms with Crippen LogP contribution in [0, 0.1) is 0 Å². The lowest BCUT2D eigenvalue weighted by molar-refractivity contribution is -0.138. The Morgan fingerprint density at radius 1 is 1.32 bits per heavy atom. The van der Waals surface area contributed by atoms with Crippen LogP contribution in [0.25, 0.3) is 0 Å². The Hall–Kier alpha value is -1.53. The molecule has 1 atom stereocenters. The van der Waals surface area contributed by atoms with Crippen LogP contribution in [0.1, 0.15) is 12.0 Å². The van der Waals surface area contributed by atoms with Crippen LogP contribution in [0.5, 0.6) is 0 Å². The largest absolute Gasteiger partial charge is 0.480 e. The van der Waals surface area contributed by atoms with Crippen molar-refractivity contribution < 1.29 is 14.7 Å². The van der Waals surface area contributed by atoms with E-state index in [0.29, 0.717) is 6.42 Å². The second-order valence-corrected chi connectivity index (χ2v) is 5.15. The molecule has 0 aliphatic carbocycles. The fourth-order valence-electron chi connectivity index (χ4n) is 1.40. The molecule has 0 aromatic heterocycles. The number of carbonyl (C=O) groups is 2. The van der Waals surface area contributed by atoms with Crippen molar-refractivity contribution in [3.8, 4) is 0 Å². The van der Waals surface area contributed by atoms with Gasteiger partial charge in [0.15, 0.2) is 0 Å². The molecule has 5 nitrogen and oxygen atoms in total. The third kappa shape index (κ3) is 6.83. The minimum absolute atomic E-state index is 0.385. The first-order chi connectivity index (χ1) is 9.09. The molecule has 1 amide bonds. The highest BCUT2D eigenvalue weighted by Gasteiger charge is 2.13. The molecule has 0 heterocycles. The molecule has 0 spiro atoms. The van der Waals surface area contributed by atoms with Gasteiger partial charge in [0.25, 0.3) is 0 Å². The van der Waals surface area contributed by atoms with Gasteiger partial charge in [0.1, 0.15) is 6.54 Å². The summed E-state index contributed by atoms with van der Waals surface area (Å²) in [5.74, 6) is 0.155. The standard InChI is InChI=1S/C13H18N2O3S/c14-11(13(18)15-8-12(16)17)6-7-19-9-10-4-2-1-3-5-10/h1-5,11H,6-9,14H2,(H,15,18)(H,16,17). The fraction of sp³-hybridized carbons (Fsp3) is 0.385. The van der Waals surface area contributed by atoms with Gasteiger partial charge in [-0.05, 0) is 17.7 Å². The molecule has 19 heavy (non-hydrogen) atoms. The van der Waals surface area contributed by atoms with E-state index in [1.807, 2.05) is 30.3 Å². The van der Waals surface area contributed by atoms with Gasteiger partial charge in [-0.15, -0.1) is 0 Å². The number of aliphatic carboxylic acids is 1. The molecule has 0 bridgehead atoms. The lowest BCUT2D eigenvalue weighted by atomic mass is 10.2. The summed E-state index contributed by atoms with van der Waals surface area (Å²) >= 11 is 1.70. The van der Waals surface area contributed by atoms with Crippen molar-refractivity contribution in [2.24, 2.45) is 5.73 Å². The highest BCUT2D eigenvalue weighted by Crippen LogP contribution is 2.13. The van der Waals surface area contributed by atoms with Crippen LogP contribution in [-0.4, -0.2) is 35.3 Å². The Kier molecular flexibility index (Phi) is 6.99. The van der Waals surface area contributed by atoms with Crippen LogP contribution in [0.2, 0.25) is 0 Å². The van der Waals surface area contributed by atoms with E-state index in [4.69, 9.17) is 10.8 Å². The zero-order valence-electron chi connectivity index (χ0n) is 10.5. The van der Waals surface area contributed by atoms with Crippen molar-refractivity contribution in [1.29, 1.82) is 0 Å².